The third kappa shape index (κ3) is 5.66. The van der Waals surface area contributed by atoms with E-state index in [4.69, 9.17) is 0 Å². The van der Waals surface area contributed by atoms with E-state index in [1.54, 1.807) is 7.05 Å². The molecule has 8 heteroatoms. The lowest BCUT2D eigenvalue weighted by atomic mass is 9.99. The molecule has 2 atom stereocenters. The molecule has 2 N–H and O–H groups in total. The Morgan fingerprint density at radius 2 is 1.71 bits per heavy atom. The number of rotatable bonds is 9. The summed E-state index contributed by atoms with van der Waals surface area (Å²) in [4.78, 5) is 51.4. The van der Waals surface area contributed by atoms with E-state index >= 15 is 0 Å². The van der Waals surface area contributed by atoms with E-state index in [1.165, 1.54) is 9.91 Å². The first-order chi connectivity index (χ1) is 17.0. The largest absolute Gasteiger partial charge is 0.347 e. The van der Waals surface area contributed by atoms with Crippen LogP contribution in [0.25, 0.3) is 10.8 Å². The highest BCUT2D eigenvalue weighted by Gasteiger charge is 2.36. The van der Waals surface area contributed by atoms with Gasteiger partial charge in [0.15, 0.2) is 0 Å². The number of hydrazine groups is 1. The average molecular weight is 473 g/mol. The third-order valence-corrected chi connectivity index (χ3v) is 6.28. The molecule has 0 aromatic heterocycles. The van der Waals surface area contributed by atoms with Gasteiger partial charge in [0.25, 0.3) is 5.91 Å². The van der Waals surface area contributed by atoms with Crippen molar-refractivity contribution in [1.82, 2.24) is 20.7 Å². The fraction of sp³-hybridized carbons (Fsp3) is 0.259. The van der Waals surface area contributed by atoms with Gasteiger partial charge >= 0.3 is 0 Å². The molecule has 180 valence electrons. The van der Waals surface area contributed by atoms with Crippen molar-refractivity contribution in [3.63, 3.8) is 0 Å². The molecule has 1 saturated heterocycles. The van der Waals surface area contributed by atoms with E-state index in [9.17, 15) is 19.2 Å². The standard InChI is InChI=1S/C27H28N4O4/c1-30(24(17-19-7-3-2-4-8-19)27(35)31-14-13-25(33)29-31)26(34)23(28-18-32)16-20-11-12-21-9-5-6-10-22(21)15-20/h2-12,15,18,23-24H,13-14,16-17H2,1H3,(H,28,32)(H,29,33). The molecular weight excluding hydrogens is 444 g/mol. The van der Waals surface area contributed by atoms with E-state index in [2.05, 4.69) is 10.7 Å². The van der Waals surface area contributed by atoms with Crippen LogP contribution in [-0.4, -0.2) is 59.7 Å². The molecule has 4 amide bonds. The lowest BCUT2D eigenvalue weighted by Gasteiger charge is -2.32. The molecule has 35 heavy (non-hydrogen) atoms. The zero-order chi connectivity index (χ0) is 24.8. The summed E-state index contributed by atoms with van der Waals surface area (Å²) in [6, 6.07) is 21.5. The summed E-state index contributed by atoms with van der Waals surface area (Å²) in [5.41, 5.74) is 4.33. The Balaban J connectivity index is 1.57. The van der Waals surface area contributed by atoms with Crippen LogP contribution in [0, 0.1) is 0 Å². The van der Waals surface area contributed by atoms with Gasteiger partial charge in [-0.2, -0.15) is 0 Å². The Morgan fingerprint density at radius 3 is 2.40 bits per heavy atom. The molecule has 1 aliphatic heterocycles. The average Bonchev–Trinajstić information content (AvgIpc) is 3.32. The number of nitrogens with zero attached hydrogens (tertiary/aromatic N) is 2. The van der Waals surface area contributed by atoms with Crippen LogP contribution in [0.2, 0.25) is 0 Å². The number of hydrogen-bond donors (Lipinski definition) is 2. The van der Waals surface area contributed by atoms with Crippen LogP contribution in [0.4, 0.5) is 0 Å². The van der Waals surface area contributed by atoms with Crippen LogP contribution in [0.5, 0.6) is 0 Å². The summed E-state index contributed by atoms with van der Waals surface area (Å²) < 4.78 is 0. The van der Waals surface area contributed by atoms with Gasteiger partial charge in [-0.05, 0) is 21.9 Å². The maximum atomic E-state index is 13.6. The SMILES string of the molecule is CN(C(=O)C(Cc1ccc2ccccc2c1)NC=O)C(Cc1ccccc1)C(=O)N1CCC(=O)N1. The topological polar surface area (TPSA) is 98.8 Å². The van der Waals surface area contributed by atoms with Crippen molar-refractivity contribution in [3.8, 4) is 0 Å². The van der Waals surface area contributed by atoms with E-state index < -0.39 is 12.1 Å². The van der Waals surface area contributed by atoms with E-state index in [0.717, 1.165) is 21.9 Å². The number of carbonyl (C=O) groups is 4. The predicted octanol–water partition coefficient (Wildman–Crippen LogP) is 1.83. The molecule has 1 fully saturated rings. The molecule has 0 radical (unpaired) electrons. The molecule has 1 heterocycles. The number of benzene rings is 3. The number of likely N-dealkylation sites (N-methyl/N-ethyl adjacent to an activating group) is 1. The number of carbonyl (C=O) groups excluding carboxylic acids is 4. The van der Waals surface area contributed by atoms with Gasteiger partial charge in [0.2, 0.25) is 18.2 Å². The van der Waals surface area contributed by atoms with Crippen molar-refractivity contribution >= 4 is 34.9 Å². The second-order valence-corrected chi connectivity index (χ2v) is 8.65. The maximum Gasteiger partial charge on any atom is 0.264 e. The first kappa shape index (κ1) is 23.9. The van der Waals surface area contributed by atoms with Gasteiger partial charge in [0.05, 0.1) is 6.54 Å². The Hall–Kier alpha value is -4.20. The van der Waals surface area contributed by atoms with Crippen LogP contribution in [0.3, 0.4) is 0 Å². The number of hydrogen-bond acceptors (Lipinski definition) is 4. The van der Waals surface area contributed by atoms with Gasteiger partial charge in [-0.15, -0.1) is 0 Å². The second-order valence-electron chi connectivity index (χ2n) is 8.65. The van der Waals surface area contributed by atoms with E-state index in [-0.39, 0.29) is 43.5 Å². The van der Waals surface area contributed by atoms with Crippen molar-refractivity contribution in [3.05, 3.63) is 83.9 Å². The van der Waals surface area contributed by atoms with Gasteiger partial charge in [0.1, 0.15) is 12.1 Å². The van der Waals surface area contributed by atoms with Crippen LogP contribution >= 0.6 is 0 Å². The molecule has 2 unspecified atom stereocenters. The summed E-state index contributed by atoms with van der Waals surface area (Å²) in [7, 11) is 1.56. The van der Waals surface area contributed by atoms with Crippen LogP contribution < -0.4 is 10.7 Å². The molecule has 3 aromatic rings. The van der Waals surface area contributed by atoms with Crippen LogP contribution in [0.1, 0.15) is 17.5 Å². The summed E-state index contributed by atoms with van der Waals surface area (Å²) in [6.07, 6.45) is 1.28. The van der Waals surface area contributed by atoms with Crippen LogP contribution in [0.15, 0.2) is 72.8 Å². The summed E-state index contributed by atoms with van der Waals surface area (Å²) >= 11 is 0. The lowest BCUT2D eigenvalue weighted by Crippen LogP contribution is -2.56. The molecule has 8 nitrogen and oxygen atoms in total. The van der Waals surface area contributed by atoms with Crippen molar-refractivity contribution in [2.75, 3.05) is 13.6 Å². The number of fused-ring (bicyclic) bond motifs is 1. The highest BCUT2D eigenvalue weighted by Crippen LogP contribution is 2.18. The lowest BCUT2D eigenvalue weighted by molar-refractivity contribution is -0.147. The zero-order valence-corrected chi connectivity index (χ0v) is 19.5. The zero-order valence-electron chi connectivity index (χ0n) is 19.5. The minimum atomic E-state index is -0.851. The highest BCUT2D eigenvalue weighted by atomic mass is 16.2. The number of nitrogens with one attached hydrogen (secondary N) is 2. The minimum absolute atomic E-state index is 0.221. The van der Waals surface area contributed by atoms with Crippen molar-refractivity contribution in [1.29, 1.82) is 0 Å². The normalized spacial score (nSPS) is 14.8. The summed E-state index contributed by atoms with van der Waals surface area (Å²) in [6.45, 7) is 0.248. The smallest absolute Gasteiger partial charge is 0.264 e. The first-order valence-corrected chi connectivity index (χ1v) is 11.5. The van der Waals surface area contributed by atoms with Gasteiger partial charge in [-0.1, -0.05) is 72.8 Å². The minimum Gasteiger partial charge on any atom is -0.347 e. The predicted molar refractivity (Wildman–Crippen MR) is 132 cm³/mol. The molecule has 3 aromatic carbocycles. The third-order valence-electron chi connectivity index (χ3n) is 6.28. The molecule has 0 saturated carbocycles. The quantitative estimate of drug-likeness (QED) is 0.464. The Kier molecular flexibility index (Phi) is 7.40. The van der Waals surface area contributed by atoms with E-state index in [1.807, 2.05) is 72.8 Å². The Morgan fingerprint density at radius 1 is 1.00 bits per heavy atom. The fourth-order valence-corrected chi connectivity index (χ4v) is 4.35. The van der Waals surface area contributed by atoms with Gasteiger partial charge in [-0.3, -0.25) is 29.6 Å². The second kappa shape index (κ2) is 10.8. The van der Waals surface area contributed by atoms with Gasteiger partial charge in [0, 0.05) is 26.3 Å². The summed E-state index contributed by atoms with van der Waals surface area (Å²) in [5.74, 6) is -0.987. The molecule has 4 rings (SSSR count). The van der Waals surface area contributed by atoms with Crippen molar-refractivity contribution in [2.45, 2.75) is 31.3 Å². The first-order valence-electron chi connectivity index (χ1n) is 11.5. The molecular formula is C27H28N4O4. The highest BCUT2D eigenvalue weighted by molar-refractivity contribution is 5.93. The summed E-state index contributed by atoms with van der Waals surface area (Å²) in [5, 5.41) is 6.02. The van der Waals surface area contributed by atoms with Gasteiger partial charge < -0.3 is 10.2 Å². The monoisotopic (exact) mass is 472 g/mol. The van der Waals surface area contributed by atoms with Crippen molar-refractivity contribution in [2.24, 2.45) is 0 Å². The Bertz CT molecular complexity index is 1230. The van der Waals surface area contributed by atoms with Gasteiger partial charge in [-0.25, -0.2) is 0 Å². The van der Waals surface area contributed by atoms with Crippen molar-refractivity contribution < 1.29 is 19.2 Å². The number of amides is 4. The van der Waals surface area contributed by atoms with Crippen LogP contribution in [-0.2, 0) is 32.0 Å². The molecule has 0 bridgehead atoms. The fourth-order valence-electron chi connectivity index (χ4n) is 4.35. The van der Waals surface area contributed by atoms with E-state index in [0.29, 0.717) is 6.41 Å². The maximum absolute atomic E-state index is 13.6. The Labute approximate surface area is 203 Å². The molecule has 0 aliphatic carbocycles. The molecule has 1 aliphatic rings. The molecule has 0 spiro atoms.